The third-order valence-electron chi connectivity index (χ3n) is 5.41. The van der Waals surface area contributed by atoms with Crippen LogP contribution >= 0.6 is 23.2 Å². The molecule has 0 saturated carbocycles. The number of benzene rings is 3. The van der Waals surface area contributed by atoms with Gasteiger partial charge in [0, 0.05) is 11.8 Å². The van der Waals surface area contributed by atoms with Gasteiger partial charge in [0.1, 0.15) is 11.3 Å². The molecule has 0 fully saturated rings. The second kappa shape index (κ2) is 8.88. The number of aliphatic hydroxyl groups is 1. The third kappa shape index (κ3) is 4.53. The molecule has 3 aromatic carbocycles. The maximum Gasteiger partial charge on any atom is 0.417 e. The molecule has 1 aromatic heterocycles. The van der Waals surface area contributed by atoms with Crippen LogP contribution in [0.4, 0.5) is 13.2 Å². The number of halogens is 5. The van der Waals surface area contributed by atoms with Crippen molar-refractivity contribution < 1.29 is 26.7 Å². The molecule has 178 valence electrons. The van der Waals surface area contributed by atoms with E-state index >= 15 is 0 Å². The van der Waals surface area contributed by atoms with Crippen LogP contribution in [-0.4, -0.2) is 36.4 Å². The van der Waals surface area contributed by atoms with Crippen molar-refractivity contribution in [3.8, 4) is 11.1 Å². The van der Waals surface area contributed by atoms with Crippen molar-refractivity contribution >= 4 is 44.1 Å². The second-order valence-corrected chi connectivity index (χ2v) is 10.5. The maximum atomic E-state index is 13.6. The third-order valence-corrected chi connectivity index (χ3v) is 7.21. The number of aromatic amines is 1. The number of aliphatic hydroxyl groups excluding tert-OH is 1. The highest BCUT2D eigenvalue weighted by Crippen LogP contribution is 2.45. The van der Waals surface area contributed by atoms with E-state index in [4.69, 9.17) is 23.2 Å². The highest BCUT2D eigenvalue weighted by atomic mass is 35.5. The molecule has 0 aliphatic carbocycles. The number of nitrogens with zero attached hydrogens (tertiary/aromatic N) is 1. The first-order valence-corrected chi connectivity index (χ1v) is 12.5. The summed E-state index contributed by atoms with van der Waals surface area (Å²) in [6.07, 6.45) is -3.53. The average molecular weight is 529 g/mol. The summed E-state index contributed by atoms with van der Waals surface area (Å²) >= 11 is 12.9. The molecule has 1 heterocycles. The Balaban J connectivity index is 1.84. The van der Waals surface area contributed by atoms with Crippen LogP contribution in [-0.2, 0) is 16.0 Å². The molecule has 5 nitrogen and oxygen atoms in total. The Morgan fingerprint density at radius 2 is 1.74 bits per heavy atom. The molecule has 1 unspecified atom stereocenters. The molecule has 1 atom stereocenters. The van der Waals surface area contributed by atoms with E-state index in [1.165, 1.54) is 36.4 Å². The number of alkyl halides is 3. The van der Waals surface area contributed by atoms with E-state index in [9.17, 15) is 26.7 Å². The Kier molecular flexibility index (Phi) is 6.41. The largest absolute Gasteiger partial charge is 0.417 e. The number of fused-ring (bicyclic) bond motifs is 1. The van der Waals surface area contributed by atoms with Gasteiger partial charge in [0.05, 0.1) is 38.5 Å². The molecule has 4 aromatic rings. The van der Waals surface area contributed by atoms with Gasteiger partial charge in [-0.1, -0.05) is 53.5 Å². The number of aromatic nitrogens is 2. The topological polar surface area (TPSA) is 83.1 Å². The minimum Gasteiger partial charge on any atom is -0.395 e. The minimum atomic E-state index is -4.62. The molecular weight excluding hydrogens is 512 g/mol. The Hall–Kier alpha value is -2.59. The predicted octanol–water partition coefficient (Wildman–Crippen LogP) is 6.08. The quantitative estimate of drug-likeness (QED) is 0.328. The number of sulfone groups is 1. The Morgan fingerprint density at radius 1 is 1.09 bits per heavy atom. The van der Waals surface area contributed by atoms with Crippen LogP contribution in [0, 0.1) is 0 Å². The van der Waals surface area contributed by atoms with Gasteiger partial charge < -0.3 is 10.1 Å². The molecule has 0 saturated heterocycles. The molecule has 11 heteroatoms. The summed E-state index contributed by atoms with van der Waals surface area (Å²) in [5, 5.41) is 9.95. The standard InChI is InChI=1S/C23H17Cl2F3N2O3S/c1-34(32,33)13-8-6-12(7-9-13)15(11-31)22-29-18-10-17(24)19(20(25)21(18)30-22)14-4-2-3-5-16(14)23(26,27)28/h2-10,15,31H,11H2,1H3,(H,29,30). The van der Waals surface area contributed by atoms with Crippen LogP contribution in [0.25, 0.3) is 22.2 Å². The number of imidazole rings is 1. The van der Waals surface area contributed by atoms with E-state index in [2.05, 4.69) is 9.97 Å². The van der Waals surface area contributed by atoms with Crippen molar-refractivity contribution in [2.75, 3.05) is 12.9 Å². The van der Waals surface area contributed by atoms with Crippen LogP contribution < -0.4 is 0 Å². The lowest BCUT2D eigenvalue weighted by Gasteiger charge is -2.15. The average Bonchev–Trinajstić information content (AvgIpc) is 3.17. The van der Waals surface area contributed by atoms with Crippen LogP contribution in [0.15, 0.2) is 59.5 Å². The van der Waals surface area contributed by atoms with Gasteiger partial charge in [0.15, 0.2) is 9.84 Å². The summed E-state index contributed by atoms with van der Waals surface area (Å²) in [5.41, 5.74) is 0.0991. The van der Waals surface area contributed by atoms with Crippen molar-refractivity contribution in [2.24, 2.45) is 0 Å². The second-order valence-electron chi connectivity index (χ2n) is 7.69. The summed E-state index contributed by atoms with van der Waals surface area (Å²) in [4.78, 5) is 7.58. The van der Waals surface area contributed by atoms with Crippen LogP contribution in [0.2, 0.25) is 10.0 Å². The van der Waals surface area contributed by atoms with Gasteiger partial charge in [0.25, 0.3) is 0 Å². The smallest absolute Gasteiger partial charge is 0.395 e. The summed E-state index contributed by atoms with van der Waals surface area (Å²) in [7, 11) is -3.39. The molecule has 4 rings (SSSR count). The summed E-state index contributed by atoms with van der Waals surface area (Å²) < 4.78 is 64.2. The van der Waals surface area contributed by atoms with Gasteiger partial charge in [-0.3, -0.25) is 0 Å². The van der Waals surface area contributed by atoms with E-state index in [0.717, 1.165) is 12.3 Å². The van der Waals surface area contributed by atoms with E-state index in [0.29, 0.717) is 16.9 Å². The van der Waals surface area contributed by atoms with E-state index in [1.54, 1.807) is 12.1 Å². The fourth-order valence-corrected chi connectivity index (χ4v) is 5.09. The number of H-pyrrole nitrogens is 1. The van der Waals surface area contributed by atoms with Crippen LogP contribution in [0.5, 0.6) is 0 Å². The summed E-state index contributed by atoms with van der Waals surface area (Å²) in [6, 6.07) is 12.4. The van der Waals surface area contributed by atoms with Gasteiger partial charge in [0.2, 0.25) is 0 Å². The first kappa shape index (κ1) is 24.5. The molecule has 0 radical (unpaired) electrons. The highest BCUT2D eigenvalue weighted by Gasteiger charge is 2.34. The van der Waals surface area contributed by atoms with Gasteiger partial charge >= 0.3 is 6.18 Å². The first-order valence-electron chi connectivity index (χ1n) is 9.87. The number of hydrogen-bond acceptors (Lipinski definition) is 4. The lowest BCUT2D eigenvalue weighted by atomic mass is 9.98. The zero-order valence-corrected chi connectivity index (χ0v) is 19.8. The zero-order valence-electron chi connectivity index (χ0n) is 17.5. The lowest BCUT2D eigenvalue weighted by Crippen LogP contribution is -2.08. The van der Waals surface area contributed by atoms with E-state index in [1.807, 2.05) is 0 Å². The normalized spacial score (nSPS) is 13.4. The minimum absolute atomic E-state index is 0.000128. The first-order chi connectivity index (χ1) is 15.9. The monoisotopic (exact) mass is 528 g/mol. The summed E-state index contributed by atoms with van der Waals surface area (Å²) in [6.45, 7) is -0.368. The van der Waals surface area contributed by atoms with Crippen LogP contribution in [0.1, 0.15) is 22.9 Å². The van der Waals surface area contributed by atoms with Crippen LogP contribution in [0.3, 0.4) is 0 Å². The molecule has 0 amide bonds. The fourth-order valence-electron chi connectivity index (χ4n) is 3.76. The Morgan fingerprint density at radius 3 is 2.32 bits per heavy atom. The lowest BCUT2D eigenvalue weighted by molar-refractivity contribution is -0.137. The van der Waals surface area contributed by atoms with E-state index in [-0.39, 0.29) is 38.2 Å². The maximum absolute atomic E-state index is 13.6. The van der Waals surface area contributed by atoms with Gasteiger partial charge in [-0.05, 0) is 35.4 Å². The Labute approximate surface area is 203 Å². The zero-order chi connectivity index (χ0) is 24.8. The molecule has 0 aliphatic heterocycles. The summed E-state index contributed by atoms with van der Waals surface area (Å²) in [5.74, 6) is -0.370. The Bertz CT molecular complexity index is 1480. The fraction of sp³-hybridized carbons (Fsp3) is 0.174. The van der Waals surface area contributed by atoms with Crippen molar-refractivity contribution in [2.45, 2.75) is 17.0 Å². The molecule has 0 spiro atoms. The number of hydrogen-bond donors (Lipinski definition) is 2. The molecule has 0 bridgehead atoms. The SMILES string of the molecule is CS(=O)(=O)c1ccc(C(CO)c2nc3c(Cl)c(-c4ccccc4C(F)(F)F)c(Cl)cc3[nH]2)cc1. The molecular formula is C23H17Cl2F3N2O3S. The van der Waals surface area contributed by atoms with Gasteiger partial charge in [-0.25, -0.2) is 13.4 Å². The molecule has 0 aliphatic rings. The predicted molar refractivity (Wildman–Crippen MR) is 125 cm³/mol. The van der Waals surface area contributed by atoms with Crippen molar-refractivity contribution in [1.82, 2.24) is 9.97 Å². The number of nitrogens with one attached hydrogen (secondary N) is 1. The number of rotatable bonds is 5. The van der Waals surface area contributed by atoms with E-state index < -0.39 is 27.5 Å². The van der Waals surface area contributed by atoms with Gasteiger partial charge in [-0.15, -0.1) is 0 Å². The molecule has 34 heavy (non-hydrogen) atoms. The van der Waals surface area contributed by atoms with Crippen molar-refractivity contribution in [3.63, 3.8) is 0 Å². The van der Waals surface area contributed by atoms with Gasteiger partial charge in [-0.2, -0.15) is 13.2 Å². The van der Waals surface area contributed by atoms with Crippen molar-refractivity contribution in [3.05, 3.63) is 81.6 Å². The van der Waals surface area contributed by atoms with Crippen molar-refractivity contribution in [1.29, 1.82) is 0 Å². The highest BCUT2D eigenvalue weighted by molar-refractivity contribution is 7.90. The molecule has 2 N–H and O–H groups in total.